The second kappa shape index (κ2) is 13.2. The maximum atomic E-state index is 5.87. The number of aryl methyl sites for hydroxylation is 1. The average Bonchev–Trinajstić information content (AvgIpc) is 3.18. The number of rotatable bonds is 15. The molecule has 0 saturated carbocycles. The van der Waals surface area contributed by atoms with Crippen molar-refractivity contribution in [2.45, 2.75) is 38.0 Å². The molecule has 1 aliphatic carbocycles. The van der Waals surface area contributed by atoms with Crippen LogP contribution >= 0.6 is 0 Å². The van der Waals surface area contributed by atoms with Gasteiger partial charge in [-0.25, -0.2) is 0 Å². The van der Waals surface area contributed by atoms with Crippen LogP contribution in [0.15, 0.2) is 66.7 Å². The highest BCUT2D eigenvalue weighted by atomic mass is 16.5. The number of hydrogen-bond acceptors (Lipinski definition) is 4. The highest BCUT2D eigenvalue weighted by Crippen LogP contribution is 2.54. The van der Waals surface area contributed by atoms with Crippen LogP contribution in [-0.4, -0.2) is 53.9 Å². The van der Waals surface area contributed by atoms with Gasteiger partial charge in [0.05, 0.1) is 26.4 Å². The molecule has 4 heteroatoms. The Morgan fingerprint density at radius 2 is 1.17 bits per heavy atom. The van der Waals surface area contributed by atoms with Crippen molar-refractivity contribution >= 4 is 0 Å². The van der Waals surface area contributed by atoms with E-state index in [9.17, 15) is 0 Å². The van der Waals surface area contributed by atoms with Gasteiger partial charge in [-0.15, -0.1) is 0 Å². The van der Waals surface area contributed by atoms with E-state index in [0.29, 0.717) is 26.4 Å². The first-order valence-corrected chi connectivity index (χ1v) is 13.1. The molecule has 4 rings (SSSR count). The Morgan fingerprint density at radius 1 is 0.583 bits per heavy atom. The van der Waals surface area contributed by atoms with Crippen molar-refractivity contribution in [2.24, 2.45) is 0 Å². The second-order valence-electron chi connectivity index (χ2n) is 9.67. The van der Waals surface area contributed by atoms with E-state index in [0.717, 1.165) is 38.9 Å². The molecule has 0 aliphatic heterocycles. The minimum absolute atomic E-state index is 0.0537. The summed E-state index contributed by atoms with van der Waals surface area (Å²) in [4.78, 5) is 0. The molecule has 0 amide bonds. The number of ether oxygens (including phenoxy) is 4. The van der Waals surface area contributed by atoms with Crippen LogP contribution in [0.4, 0.5) is 0 Å². The van der Waals surface area contributed by atoms with Crippen molar-refractivity contribution in [2.75, 3.05) is 53.9 Å². The first kappa shape index (κ1) is 26.6. The highest BCUT2D eigenvalue weighted by Gasteiger charge is 2.42. The predicted octanol–water partition coefficient (Wildman–Crippen LogP) is 6.81. The Balaban J connectivity index is 1.65. The van der Waals surface area contributed by atoms with Gasteiger partial charge in [-0.05, 0) is 72.1 Å². The second-order valence-corrected chi connectivity index (χ2v) is 9.67. The monoisotopic (exact) mass is 488 g/mol. The summed E-state index contributed by atoms with van der Waals surface area (Å²) in [6.07, 6.45) is 4.08. The van der Waals surface area contributed by atoms with Gasteiger partial charge in [0.25, 0.3) is 0 Å². The lowest BCUT2D eigenvalue weighted by atomic mass is 9.71. The van der Waals surface area contributed by atoms with Crippen molar-refractivity contribution in [1.29, 1.82) is 0 Å². The summed E-state index contributed by atoms with van der Waals surface area (Å²) in [6.45, 7) is 6.17. The molecular formula is C32H40O4. The minimum atomic E-state index is -0.0537. The lowest BCUT2D eigenvalue weighted by molar-refractivity contribution is 0.0629. The Kier molecular flexibility index (Phi) is 9.71. The normalized spacial score (nSPS) is 13.5. The van der Waals surface area contributed by atoms with E-state index in [4.69, 9.17) is 18.9 Å². The van der Waals surface area contributed by atoms with E-state index < -0.39 is 0 Å². The van der Waals surface area contributed by atoms with Crippen LogP contribution in [-0.2, 0) is 24.4 Å². The minimum Gasteiger partial charge on any atom is -0.382 e. The molecule has 4 nitrogen and oxygen atoms in total. The average molecular weight is 489 g/mol. The molecule has 0 heterocycles. The van der Waals surface area contributed by atoms with Crippen LogP contribution in [0.25, 0.3) is 22.3 Å². The molecule has 0 spiro atoms. The number of benzene rings is 3. The van der Waals surface area contributed by atoms with Crippen LogP contribution in [0.3, 0.4) is 0 Å². The molecule has 0 saturated heterocycles. The Labute approximate surface area is 216 Å². The third-order valence-electron chi connectivity index (χ3n) is 7.30. The molecule has 1 aliphatic rings. The van der Waals surface area contributed by atoms with Gasteiger partial charge >= 0.3 is 0 Å². The fraction of sp³-hybridized carbons (Fsp3) is 0.438. The molecule has 192 valence electrons. The van der Waals surface area contributed by atoms with E-state index in [1.54, 1.807) is 14.2 Å². The molecule has 3 aromatic carbocycles. The van der Waals surface area contributed by atoms with Crippen LogP contribution in [0.2, 0.25) is 0 Å². The largest absolute Gasteiger partial charge is 0.382 e. The zero-order valence-electron chi connectivity index (χ0n) is 22.1. The number of methoxy groups -OCH3 is 2. The fourth-order valence-corrected chi connectivity index (χ4v) is 5.49. The smallest absolute Gasteiger partial charge is 0.0700 e. The standard InChI is InChI=1S/C32H40O4/c1-25-10-12-26(13-11-25)27-14-15-29-28-8-4-5-9-30(28)32(31(29)24-27,16-6-18-35-22-20-33-2)17-7-19-36-23-21-34-3/h4-5,8-15,24H,6-7,16-23H2,1-3H3. The van der Waals surface area contributed by atoms with Crippen molar-refractivity contribution < 1.29 is 18.9 Å². The summed E-state index contributed by atoms with van der Waals surface area (Å²) in [5, 5.41) is 0. The molecule has 0 aromatic heterocycles. The Morgan fingerprint density at radius 3 is 1.81 bits per heavy atom. The van der Waals surface area contributed by atoms with E-state index in [1.165, 1.54) is 38.9 Å². The molecule has 0 N–H and O–H groups in total. The molecule has 0 radical (unpaired) electrons. The first-order valence-electron chi connectivity index (χ1n) is 13.1. The van der Waals surface area contributed by atoms with Gasteiger partial charge in [0, 0.05) is 32.8 Å². The zero-order chi connectivity index (χ0) is 25.2. The summed E-state index contributed by atoms with van der Waals surface area (Å²) >= 11 is 0. The molecule has 36 heavy (non-hydrogen) atoms. The predicted molar refractivity (Wildman–Crippen MR) is 147 cm³/mol. The fourth-order valence-electron chi connectivity index (χ4n) is 5.49. The van der Waals surface area contributed by atoms with Crippen molar-refractivity contribution in [3.63, 3.8) is 0 Å². The van der Waals surface area contributed by atoms with Gasteiger partial charge < -0.3 is 18.9 Å². The van der Waals surface area contributed by atoms with Crippen LogP contribution in [0, 0.1) is 6.92 Å². The van der Waals surface area contributed by atoms with Crippen LogP contribution in [0.5, 0.6) is 0 Å². The van der Waals surface area contributed by atoms with Gasteiger partial charge in [0.15, 0.2) is 0 Å². The third kappa shape index (κ3) is 6.07. The van der Waals surface area contributed by atoms with Crippen molar-refractivity contribution in [3.8, 4) is 22.3 Å². The lowest BCUT2D eigenvalue weighted by Gasteiger charge is -2.33. The first-order chi connectivity index (χ1) is 17.7. The van der Waals surface area contributed by atoms with Crippen molar-refractivity contribution in [3.05, 3.63) is 83.4 Å². The number of fused-ring (bicyclic) bond motifs is 3. The van der Waals surface area contributed by atoms with Gasteiger partial charge in [0.1, 0.15) is 0 Å². The summed E-state index contributed by atoms with van der Waals surface area (Å²) in [5.74, 6) is 0. The summed E-state index contributed by atoms with van der Waals surface area (Å²) in [7, 11) is 3.43. The third-order valence-corrected chi connectivity index (χ3v) is 7.30. The van der Waals surface area contributed by atoms with Gasteiger partial charge in [-0.1, -0.05) is 66.2 Å². The van der Waals surface area contributed by atoms with Crippen LogP contribution < -0.4 is 0 Å². The van der Waals surface area contributed by atoms with E-state index in [2.05, 4.69) is 73.7 Å². The Hall–Kier alpha value is -2.50. The molecule has 0 unspecified atom stereocenters. The maximum absolute atomic E-state index is 5.87. The quantitative estimate of drug-likeness (QED) is 0.220. The van der Waals surface area contributed by atoms with Crippen molar-refractivity contribution in [1.82, 2.24) is 0 Å². The van der Waals surface area contributed by atoms with Crippen LogP contribution in [0.1, 0.15) is 42.4 Å². The molecule has 0 bridgehead atoms. The molecule has 0 atom stereocenters. The molecule has 3 aromatic rings. The SMILES string of the molecule is COCCOCCCC1(CCCOCCOC)c2ccccc2-c2ccc(-c3ccc(C)cc3)cc21. The van der Waals surface area contributed by atoms with E-state index in [-0.39, 0.29) is 5.41 Å². The topological polar surface area (TPSA) is 36.9 Å². The molecular weight excluding hydrogens is 448 g/mol. The summed E-state index contributed by atoms with van der Waals surface area (Å²) in [5.41, 5.74) is 9.37. The Bertz CT molecular complexity index is 1070. The summed E-state index contributed by atoms with van der Waals surface area (Å²) in [6, 6.07) is 24.9. The maximum Gasteiger partial charge on any atom is 0.0700 e. The lowest BCUT2D eigenvalue weighted by Crippen LogP contribution is -2.27. The van der Waals surface area contributed by atoms with Gasteiger partial charge in [-0.3, -0.25) is 0 Å². The number of hydrogen-bond donors (Lipinski definition) is 0. The van der Waals surface area contributed by atoms with Gasteiger partial charge in [0.2, 0.25) is 0 Å². The van der Waals surface area contributed by atoms with Gasteiger partial charge in [-0.2, -0.15) is 0 Å². The van der Waals surface area contributed by atoms with E-state index >= 15 is 0 Å². The molecule has 0 fully saturated rings. The zero-order valence-corrected chi connectivity index (χ0v) is 22.1. The highest BCUT2D eigenvalue weighted by molar-refractivity contribution is 5.84. The summed E-state index contributed by atoms with van der Waals surface area (Å²) < 4.78 is 22.0. The van der Waals surface area contributed by atoms with E-state index in [1.807, 2.05) is 0 Å².